The fourth-order valence-electron chi connectivity index (χ4n) is 12.4. The summed E-state index contributed by atoms with van der Waals surface area (Å²) >= 11 is 0. The van der Waals surface area contributed by atoms with Crippen LogP contribution in [0.1, 0.15) is 415 Å². The number of hydrogen-bond donors (Lipinski definition) is 3. The molecule has 0 aromatic carbocycles. The van der Waals surface area contributed by atoms with Crippen molar-refractivity contribution in [2.24, 2.45) is 23.7 Å². The van der Waals surface area contributed by atoms with E-state index >= 15 is 0 Å². The molecular formula is C81H158O17P2. The molecule has 3 N–H and O–H groups in total. The van der Waals surface area contributed by atoms with Crippen LogP contribution in [0, 0.1) is 23.7 Å². The second-order valence-electron chi connectivity index (χ2n) is 30.6. The van der Waals surface area contributed by atoms with Crippen molar-refractivity contribution in [2.75, 3.05) is 39.6 Å². The molecule has 100 heavy (non-hydrogen) atoms. The molecule has 17 nitrogen and oxygen atoms in total. The Morgan fingerprint density at radius 2 is 0.480 bits per heavy atom. The van der Waals surface area contributed by atoms with Crippen LogP contribution in [0.3, 0.4) is 0 Å². The molecule has 0 aliphatic carbocycles. The van der Waals surface area contributed by atoms with Crippen LogP contribution in [-0.2, 0) is 65.4 Å². The van der Waals surface area contributed by atoms with Crippen LogP contribution in [0.25, 0.3) is 0 Å². The van der Waals surface area contributed by atoms with Crippen LogP contribution in [0.4, 0.5) is 0 Å². The summed E-state index contributed by atoms with van der Waals surface area (Å²) in [5.74, 6) is 0.971. The number of aliphatic hydroxyl groups is 1. The lowest BCUT2D eigenvalue weighted by Gasteiger charge is -2.21. The Balaban J connectivity index is 5.13. The quantitative estimate of drug-likeness (QED) is 0.0222. The number of phosphoric ester groups is 2. The predicted molar refractivity (Wildman–Crippen MR) is 409 cm³/mol. The van der Waals surface area contributed by atoms with Crippen molar-refractivity contribution < 1.29 is 80.2 Å². The van der Waals surface area contributed by atoms with Gasteiger partial charge in [0.2, 0.25) is 0 Å². The van der Waals surface area contributed by atoms with Crippen molar-refractivity contribution in [1.29, 1.82) is 0 Å². The molecular weight excluding hydrogens is 1310 g/mol. The standard InChI is InChI=1S/C81H158O17P2/c1-9-73(7)59-51-43-34-30-26-22-18-13-11-12-14-19-23-27-31-35-47-55-63-80(85)97-76(67-91-78(83)61-53-45-39-37-42-50-58-72(5)6)69-95-99(87,88)93-65-75(82)66-94-100(89,90)96-70-77(68-92-79(84)62-54-46-40-38-44-52-60-74(8)10-2)98-81(86)64-56-48-36-32-28-24-20-16-15-17-21-25-29-33-41-49-57-71(3)4/h71-77,82H,9-70H2,1-8H3,(H,87,88)(H,89,90)/t73?,74?,75-,76+,77+/m0/s1. The summed E-state index contributed by atoms with van der Waals surface area (Å²) in [5, 5.41) is 10.6. The molecule has 0 heterocycles. The van der Waals surface area contributed by atoms with Crippen molar-refractivity contribution in [3.63, 3.8) is 0 Å². The van der Waals surface area contributed by atoms with E-state index in [0.717, 1.165) is 120 Å². The minimum absolute atomic E-state index is 0.107. The highest BCUT2D eigenvalue weighted by atomic mass is 31.2. The molecule has 0 fully saturated rings. The summed E-state index contributed by atoms with van der Waals surface area (Å²) in [7, 11) is -9.92. The lowest BCUT2D eigenvalue weighted by molar-refractivity contribution is -0.161. The van der Waals surface area contributed by atoms with Crippen molar-refractivity contribution in [3.05, 3.63) is 0 Å². The highest BCUT2D eigenvalue weighted by Crippen LogP contribution is 2.45. The summed E-state index contributed by atoms with van der Waals surface area (Å²) in [4.78, 5) is 72.9. The first-order valence-corrected chi connectivity index (χ1v) is 44.8. The van der Waals surface area contributed by atoms with Gasteiger partial charge < -0.3 is 33.8 Å². The molecule has 0 radical (unpaired) electrons. The summed E-state index contributed by atoms with van der Waals surface area (Å²) in [6, 6.07) is 0. The summed E-state index contributed by atoms with van der Waals surface area (Å²) in [5.41, 5.74) is 0. The number of esters is 4. The van der Waals surface area contributed by atoms with Crippen LogP contribution in [0.5, 0.6) is 0 Å². The molecule has 0 rings (SSSR count). The summed E-state index contributed by atoms with van der Waals surface area (Å²) in [6.45, 7) is 14.2. The largest absolute Gasteiger partial charge is 0.472 e. The molecule has 0 aromatic rings. The minimum Gasteiger partial charge on any atom is -0.462 e. The first-order valence-electron chi connectivity index (χ1n) is 41.8. The maximum absolute atomic E-state index is 13.1. The molecule has 0 bridgehead atoms. The zero-order valence-corrected chi connectivity index (χ0v) is 67.6. The van der Waals surface area contributed by atoms with Gasteiger partial charge in [0.1, 0.15) is 19.3 Å². The third-order valence-electron chi connectivity index (χ3n) is 19.5. The van der Waals surface area contributed by atoms with E-state index in [9.17, 15) is 43.2 Å². The number of unbranched alkanes of at least 4 members (excludes halogenated alkanes) is 42. The first kappa shape index (κ1) is 98.1. The zero-order chi connectivity index (χ0) is 73.8. The lowest BCUT2D eigenvalue weighted by atomic mass is 9.99. The molecule has 7 atom stereocenters. The highest BCUT2D eigenvalue weighted by molar-refractivity contribution is 7.47. The van der Waals surface area contributed by atoms with Crippen molar-refractivity contribution >= 4 is 39.5 Å². The van der Waals surface area contributed by atoms with Crippen LogP contribution in [0.15, 0.2) is 0 Å². The Hall–Kier alpha value is -1.94. The van der Waals surface area contributed by atoms with E-state index in [0.29, 0.717) is 31.6 Å². The molecule has 4 unspecified atom stereocenters. The van der Waals surface area contributed by atoms with Gasteiger partial charge in [0.25, 0.3) is 0 Å². The van der Waals surface area contributed by atoms with Gasteiger partial charge in [0, 0.05) is 25.7 Å². The molecule has 0 amide bonds. The highest BCUT2D eigenvalue weighted by Gasteiger charge is 2.30. The number of phosphoric acid groups is 2. The van der Waals surface area contributed by atoms with Crippen molar-refractivity contribution in [3.8, 4) is 0 Å². The van der Waals surface area contributed by atoms with Crippen molar-refractivity contribution in [1.82, 2.24) is 0 Å². The van der Waals surface area contributed by atoms with Crippen LogP contribution >= 0.6 is 15.6 Å². The zero-order valence-electron chi connectivity index (χ0n) is 65.8. The van der Waals surface area contributed by atoms with E-state index in [1.54, 1.807) is 0 Å². The molecule has 0 aliphatic rings. The van der Waals surface area contributed by atoms with Gasteiger partial charge in [-0.3, -0.25) is 37.3 Å². The SMILES string of the molecule is CCC(C)CCCCCCCCCCCCCCCCCCCCC(=O)O[C@H](COC(=O)CCCCCCCCC(C)C)COP(=O)(O)OC[C@H](O)COP(=O)(O)OC[C@@H](COC(=O)CCCCCCCCC(C)CC)OC(=O)CCCCCCCCCCCCCCCCCCC(C)C. The van der Waals surface area contributed by atoms with Gasteiger partial charge >= 0.3 is 39.5 Å². The number of ether oxygens (including phenoxy) is 4. The lowest BCUT2D eigenvalue weighted by Crippen LogP contribution is -2.30. The summed E-state index contributed by atoms with van der Waals surface area (Å²) in [6.07, 6.45) is 57.2. The minimum atomic E-state index is -4.96. The Kier molecular flexibility index (Phi) is 68.7. The second-order valence-corrected chi connectivity index (χ2v) is 33.5. The number of hydrogen-bond acceptors (Lipinski definition) is 15. The molecule has 0 aromatic heterocycles. The van der Waals surface area contributed by atoms with Gasteiger partial charge in [-0.2, -0.15) is 0 Å². The molecule has 0 saturated heterocycles. The Morgan fingerprint density at radius 3 is 0.710 bits per heavy atom. The molecule has 0 saturated carbocycles. The fraction of sp³-hybridized carbons (Fsp3) is 0.951. The number of rotatable bonds is 78. The first-order chi connectivity index (χ1) is 48.2. The molecule has 0 spiro atoms. The fourth-order valence-corrected chi connectivity index (χ4v) is 13.9. The van der Waals surface area contributed by atoms with Gasteiger partial charge in [0.15, 0.2) is 12.2 Å². The van der Waals surface area contributed by atoms with E-state index in [2.05, 4.69) is 55.4 Å². The van der Waals surface area contributed by atoms with Gasteiger partial charge in [-0.1, -0.05) is 364 Å². The van der Waals surface area contributed by atoms with E-state index in [-0.39, 0.29) is 25.7 Å². The molecule has 0 aliphatic heterocycles. The van der Waals surface area contributed by atoms with Gasteiger partial charge in [-0.05, 0) is 49.4 Å². The van der Waals surface area contributed by atoms with E-state index in [1.807, 2.05) is 0 Å². The van der Waals surface area contributed by atoms with Gasteiger partial charge in [-0.25, -0.2) is 9.13 Å². The number of aliphatic hydroxyl groups excluding tert-OH is 1. The molecule has 19 heteroatoms. The maximum atomic E-state index is 13.1. The monoisotopic (exact) mass is 1470 g/mol. The van der Waals surface area contributed by atoms with Gasteiger partial charge in [-0.15, -0.1) is 0 Å². The normalized spacial score (nSPS) is 14.6. The Bertz CT molecular complexity index is 1960. The third kappa shape index (κ3) is 71.7. The van der Waals surface area contributed by atoms with Gasteiger partial charge in [0.05, 0.1) is 26.4 Å². The predicted octanol–water partition coefficient (Wildman–Crippen LogP) is 24.0. The van der Waals surface area contributed by atoms with E-state index in [4.69, 9.17) is 37.0 Å². The molecule has 594 valence electrons. The third-order valence-corrected chi connectivity index (χ3v) is 21.4. The number of carbonyl (C=O) groups excluding carboxylic acids is 4. The van der Waals surface area contributed by atoms with Crippen LogP contribution in [0.2, 0.25) is 0 Å². The van der Waals surface area contributed by atoms with Crippen molar-refractivity contribution in [2.45, 2.75) is 433 Å². The number of carbonyl (C=O) groups is 4. The Labute approximate surface area is 613 Å². The Morgan fingerprint density at radius 1 is 0.280 bits per heavy atom. The average Bonchev–Trinajstić information content (AvgIpc) is 0.915. The van der Waals surface area contributed by atoms with E-state index in [1.165, 1.54) is 205 Å². The van der Waals surface area contributed by atoms with Crippen LogP contribution < -0.4 is 0 Å². The van der Waals surface area contributed by atoms with E-state index < -0.39 is 97.5 Å². The smallest absolute Gasteiger partial charge is 0.462 e. The maximum Gasteiger partial charge on any atom is 0.472 e. The topological polar surface area (TPSA) is 237 Å². The average molecular weight is 1470 g/mol. The van der Waals surface area contributed by atoms with Crippen LogP contribution in [-0.4, -0.2) is 96.7 Å². The second kappa shape index (κ2) is 70.1. The summed E-state index contributed by atoms with van der Waals surface area (Å²) < 4.78 is 68.6.